The zero-order chi connectivity index (χ0) is 10.2. The SMILES string of the molecule is CCOCC(C)(C#N)NCCCO. The number of rotatable bonds is 7. The molecule has 0 saturated carbocycles. The van der Waals surface area contributed by atoms with Gasteiger partial charge in [0.15, 0.2) is 0 Å². The van der Waals surface area contributed by atoms with Gasteiger partial charge in [-0.05, 0) is 26.8 Å². The Hall–Kier alpha value is -0.630. The Morgan fingerprint density at radius 3 is 2.77 bits per heavy atom. The molecule has 4 heteroatoms. The van der Waals surface area contributed by atoms with Crippen molar-refractivity contribution in [2.24, 2.45) is 0 Å². The maximum absolute atomic E-state index is 8.86. The molecule has 76 valence electrons. The molecule has 0 bridgehead atoms. The summed E-state index contributed by atoms with van der Waals surface area (Å²) in [5.41, 5.74) is -0.634. The maximum Gasteiger partial charge on any atom is 0.127 e. The Morgan fingerprint density at radius 2 is 2.31 bits per heavy atom. The number of ether oxygens (including phenoxy) is 1. The third-order valence-corrected chi connectivity index (χ3v) is 1.69. The summed E-state index contributed by atoms with van der Waals surface area (Å²) in [4.78, 5) is 0. The first-order chi connectivity index (χ1) is 6.18. The molecule has 4 nitrogen and oxygen atoms in total. The van der Waals surface area contributed by atoms with Crippen molar-refractivity contribution in [2.75, 3.05) is 26.4 Å². The van der Waals surface area contributed by atoms with Crippen LogP contribution in [-0.4, -0.2) is 37.0 Å². The van der Waals surface area contributed by atoms with Gasteiger partial charge in [-0.3, -0.25) is 5.32 Å². The van der Waals surface area contributed by atoms with Crippen molar-refractivity contribution in [3.63, 3.8) is 0 Å². The average Bonchev–Trinajstić information content (AvgIpc) is 2.15. The standard InChI is InChI=1S/C9H18N2O2/c1-3-13-8-9(2,7-10)11-5-4-6-12/h11-12H,3-6,8H2,1-2H3. The predicted molar refractivity (Wildman–Crippen MR) is 50.2 cm³/mol. The van der Waals surface area contributed by atoms with Crippen molar-refractivity contribution >= 4 is 0 Å². The van der Waals surface area contributed by atoms with Gasteiger partial charge in [-0.25, -0.2) is 0 Å². The van der Waals surface area contributed by atoms with Crippen LogP contribution in [0.2, 0.25) is 0 Å². The van der Waals surface area contributed by atoms with Crippen LogP contribution in [-0.2, 0) is 4.74 Å². The molecule has 0 heterocycles. The molecule has 1 unspecified atom stereocenters. The normalized spacial score (nSPS) is 14.9. The second-order valence-electron chi connectivity index (χ2n) is 3.08. The highest BCUT2D eigenvalue weighted by Gasteiger charge is 2.22. The lowest BCUT2D eigenvalue weighted by Gasteiger charge is -2.22. The number of aliphatic hydroxyl groups is 1. The van der Waals surface area contributed by atoms with Crippen molar-refractivity contribution in [3.8, 4) is 6.07 Å². The monoisotopic (exact) mass is 186 g/mol. The van der Waals surface area contributed by atoms with Gasteiger partial charge >= 0.3 is 0 Å². The van der Waals surface area contributed by atoms with Crippen molar-refractivity contribution < 1.29 is 9.84 Å². The van der Waals surface area contributed by atoms with Crippen LogP contribution in [0.15, 0.2) is 0 Å². The Balaban J connectivity index is 3.76. The number of nitrogens with one attached hydrogen (secondary N) is 1. The minimum atomic E-state index is -0.634. The first-order valence-corrected chi connectivity index (χ1v) is 4.53. The van der Waals surface area contributed by atoms with E-state index in [1.54, 1.807) is 6.92 Å². The minimum absolute atomic E-state index is 0.142. The summed E-state index contributed by atoms with van der Waals surface area (Å²) in [6.45, 7) is 5.45. The second-order valence-corrected chi connectivity index (χ2v) is 3.08. The van der Waals surface area contributed by atoms with E-state index in [0.717, 1.165) is 0 Å². The van der Waals surface area contributed by atoms with E-state index in [1.807, 2.05) is 6.92 Å². The zero-order valence-corrected chi connectivity index (χ0v) is 8.34. The number of aliphatic hydroxyl groups excluding tert-OH is 1. The molecular weight excluding hydrogens is 168 g/mol. The molecule has 2 N–H and O–H groups in total. The molecule has 0 amide bonds. The van der Waals surface area contributed by atoms with Gasteiger partial charge in [-0.2, -0.15) is 5.26 Å². The van der Waals surface area contributed by atoms with Crippen molar-refractivity contribution in [1.29, 1.82) is 5.26 Å². The van der Waals surface area contributed by atoms with E-state index < -0.39 is 5.54 Å². The molecule has 0 aromatic rings. The zero-order valence-electron chi connectivity index (χ0n) is 8.34. The number of hydrogen-bond acceptors (Lipinski definition) is 4. The average molecular weight is 186 g/mol. The number of nitriles is 1. The molecule has 1 atom stereocenters. The van der Waals surface area contributed by atoms with Crippen molar-refractivity contribution in [2.45, 2.75) is 25.8 Å². The maximum atomic E-state index is 8.86. The highest BCUT2D eigenvalue weighted by Crippen LogP contribution is 2.02. The summed E-state index contributed by atoms with van der Waals surface area (Å²) in [6.07, 6.45) is 0.656. The lowest BCUT2D eigenvalue weighted by Crippen LogP contribution is -2.45. The highest BCUT2D eigenvalue weighted by atomic mass is 16.5. The fourth-order valence-corrected chi connectivity index (χ4v) is 0.872. The minimum Gasteiger partial charge on any atom is -0.396 e. The fourth-order valence-electron chi connectivity index (χ4n) is 0.872. The van der Waals surface area contributed by atoms with Gasteiger partial charge in [-0.15, -0.1) is 0 Å². The largest absolute Gasteiger partial charge is 0.396 e. The van der Waals surface area contributed by atoms with Crippen LogP contribution >= 0.6 is 0 Å². The molecule has 0 rings (SSSR count). The van der Waals surface area contributed by atoms with Gasteiger partial charge in [0.1, 0.15) is 5.54 Å². The van der Waals surface area contributed by atoms with E-state index in [2.05, 4.69) is 11.4 Å². The van der Waals surface area contributed by atoms with Crippen molar-refractivity contribution in [3.05, 3.63) is 0 Å². The summed E-state index contributed by atoms with van der Waals surface area (Å²) >= 11 is 0. The fraction of sp³-hybridized carbons (Fsp3) is 0.889. The molecule has 0 aliphatic heterocycles. The second kappa shape index (κ2) is 6.84. The quantitative estimate of drug-likeness (QED) is 0.560. The van der Waals surface area contributed by atoms with Gasteiger partial charge in [0.2, 0.25) is 0 Å². The van der Waals surface area contributed by atoms with Gasteiger partial charge < -0.3 is 9.84 Å². The van der Waals surface area contributed by atoms with E-state index in [0.29, 0.717) is 26.2 Å². The Labute approximate surface area is 79.5 Å². The Bertz CT molecular complexity index is 167. The summed E-state index contributed by atoms with van der Waals surface area (Å²) in [7, 11) is 0. The topological polar surface area (TPSA) is 65.3 Å². The number of nitrogens with zero attached hydrogens (tertiary/aromatic N) is 1. The third-order valence-electron chi connectivity index (χ3n) is 1.69. The van der Waals surface area contributed by atoms with Crippen LogP contribution in [0.4, 0.5) is 0 Å². The third kappa shape index (κ3) is 5.58. The van der Waals surface area contributed by atoms with Gasteiger partial charge in [0.25, 0.3) is 0 Å². The highest BCUT2D eigenvalue weighted by molar-refractivity contribution is 5.03. The Morgan fingerprint density at radius 1 is 1.62 bits per heavy atom. The van der Waals surface area contributed by atoms with Crippen LogP contribution in [0.5, 0.6) is 0 Å². The van der Waals surface area contributed by atoms with Crippen LogP contribution in [0.25, 0.3) is 0 Å². The molecule has 0 saturated heterocycles. The molecule has 0 aromatic carbocycles. The summed E-state index contributed by atoms with van der Waals surface area (Å²) < 4.78 is 5.17. The molecular formula is C9H18N2O2. The predicted octanol–water partition coefficient (Wildman–Crippen LogP) is 0.277. The van der Waals surface area contributed by atoms with Gasteiger partial charge in [-0.1, -0.05) is 0 Å². The molecule has 0 spiro atoms. The number of hydrogen-bond donors (Lipinski definition) is 2. The van der Waals surface area contributed by atoms with Crippen molar-refractivity contribution in [1.82, 2.24) is 5.32 Å². The van der Waals surface area contributed by atoms with Gasteiger partial charge in [0.05, 0.1) is 12.7 Å². The van der Waals surface area contributed by atoms with E-state index in [-0.39, 0.29) is 6.61 Å². The molecule has 13 heavy (non-hydrogen) atoms. The van der Waals surface area contributed by atoms with Crippen LogP contribution in [0, 0.1) is 11.3 Å². The molecule has 0 aliphatic carbocycles. The van der Waals surface area contributed by atoms with E-state index in [1.165, 1.54) is 0 Å². The molecule has 0 aliphatic rings. The lowest BCUT2D eigenvalue weighted by atomic mass is 10.1. The van der Waals surface area contributed by atoms with E-state index in [4.69, 9.17) is 15.1 Å². The first-order valence-electron chi connectivity index (χ1n) is 4.53. The molecule has 0 aromatic heterocycles. The van der Waals surface area contributed by atoms with Crippen LogP contribution < -0.4 is 5.32 Å². The van der Waals surface area contributed by atoms with E-state index >= 15 is 0 Å². The molecule has 0 fully saturated rings. The Kier molecular flexibility index (Phi) is 6.51. The lowest BCUT2D eigenvalue weighted by molar-refractivity contribution is 0.105. The molecule has 0 radical (unpaired) electrons. The summed E-state index contributed by atoms with van der Waals surface area (Å²) in [5, 5.41) is 20.4. The smallest absolute Gasteiger partial charge is 0.127 e. The van der Waals surface area contributed by atoms with Crippen LogP contribution in [0.3, 0.4) is 0 Å². The first kappa shape index (κ1) is 12.4. The van der Waals surface area contributed by atoms with Gasteiger partial charge in [0, 0.05) is 13.2 Å². The summed E-state index contributed by atoms with van der Waals surface area (Å²) in [5.74, 6) is 0. The van der Waals surface area contributed by atoms with Crippen LogP contribution in [0.1, 0.15) is 20.3 Å². The summed E-state index contributed by atoms with van der Waals surface area (Å²) in [6, 6.07) is 2.15. The van der Waals surface area contributed by atoms with E-state index in [9.17, 15) is 0 Å².